The first-order valence-electron chi connectivity index (χ1n) is 3.22. The van der Waals surface area contributed by atoms with Crippen molar-refractivity contribution in [3.63, 3.8) is 0 Å². The Bertz CT molecular complexity index is 278. The van der Waals surface area contributed by atoms with Crippen molar-refractivity contribution < 1.29 is 9.90 Å². The number of hydrogen-bond donors (Lipinski definition) is 2. The molecule has 0 aliphatic carbocycles. The van der Waals surface area contributed by atoms with Crippen molar-refractivity contribution in [2.24, 2.45) is 7.05 Å². The second-order valence-electron chi connectivity index (χ2n) is 2.28. The van der Waals surface area contributed by atoms with Gasteiger partial charge in [-0.25, -0.2) is 4.79 Å². The van der Waals surface area contributed by atoms with Crippen LogP contribution in [-0.4, -0.2) is 22.7 Å². The van der Waals surface area contributed by atoms with E-state index in [1.165, 1.54) is 0 Å². The monoisotopic (exact) mass is 154 g/mol. The van der Waals surface area contributed by atoms with E-state index in [9.17, 15) is 4.79 Å². The molecule has 0 aromatic carbocycles. The summed E-state index contributed by atoms with van der Waals surface area (Å²) in [5.41, 5.74) is 1.10. The molecular formula is C7H10N2O2. The molecule has 11 heavy (non-hydrogen) atoms. The molecule has 0 aliphatic rings. The van der Waals surface area contributed by atoms with Crippen molar-refractivity contribution in [2.75, 3.05) is 12.4 Å². The van der Waals surface area contributed by atoms with Crippen LogP contribution in [0.25, 0.3) is 0 Å². The van der Waals surface area contributed by atoms with E-state index in [4.69, 9.17) is 5.11 Å². The van der Waals surface area contributed by atoms with Crippen LogP contribution in [-0.2, 0) is 7.05 Å². The Labute approximate surface area is 64.5 Å². The van der Waals surface area contributed by atoms with Gasteiger partial charge in [0.05, 0.1) is 5.69 Å². The molecular weight excluding hydrogens is 144 g/mol. The molecule has 1 heterocycles. The molecule has 1 aromatic heterocycles. The lowest BCUT2D eigenvalue weighted by Crippen LogP contribution is -2.02. The number of carboxylic acid groups (broad SMARTS) is 1. The number of rotatable bonds is 2. The zero-order valence-electron chi connectivity index (χ0n) is 6.46. The summed E-state index contributed by atoms with van der Waals surface area (Å²) >= 11 is 0. The predicted molar refractivity (Wildman–Crippen MR) is 41.9 cm³/mol. The zero-order chi connectivity index (χ0) is 8.43. The first kappa shape index (κ1) is 7.65. The van der Waals surface area contributed by atoms with Crippen molar-refractivity contribution in [1.82, 2.24) is 4.57 Å². The van der Waals surface area contributed by atoms with Crippen LogP contribution < -0.4 is 5.32 Å². The third kappa shape index (κ3) is 1.34. The molecule has 1 rings (SSSR count). The van der Waals surface area contributed by atoms with E-state index < -0.39 is 5.97 Å². The third-order valence-electron chi connectivity index (χ3n) is 1.51. The van der Waals surface area contributed by atoms with Crippen molar-refractivity contribution in [2.45, 2.75) is 0 Å². The number of carboxylic acids is 1. The zero-order valence-corrected chi connectivity index (χ0v) is 6.46. The number of carbonyl (C=O) groups is 1. The van der Waals surface area contributed by atoms with Crippen LogP contribution >= 0.6 is 0 Å². The Kier molecular flexibility index (Phi) is 1.85. The lowest BCUT2D eigenvalue weighted by molar-refractivity contribution is 0.0686. The van der Waals surface area contributed by atoms with Crippen molar-refractivity contribution in [3.8, 4) is 0 Å². The number of aromatic carboxylic acids is 1. The SMILES string of the molecule is CNc1cc(C(=O)O)n(C)c1. The van der Waals surface area contributed by atoms with Crippen LogP contribution in [0.15, 0.2) is 12.3 Å². The number of hydrogen-bond acceptors (Lipinski definition) is 2. The third-order valence-corrected chi connectivity index (χ3v) is 1.51. The molecule has 4 nitrogen and oxygen atoms in total. The average molecular weight is 154 g/mol. The van der Waals surface area contributed by atoms with Crippen LogP contribution in [0.1, 0.15) is 10.5 Å². The van der Waals surface area contributed by atoms with E-state index >= 15 is 0 Å². The van der Waals surface area contributed by atoms with Gasteiger partial charge in [-0.3, -0.25) is 0 Å². The number of aryl methyl sites for hydroxylation is 1. The topological polar surface area (TPSA) is 54.3 Å². The molecule has 0 unspecified atom stereocenters. The minimum atomic E-state index is -0.908. The highest BCUT2D eigenvalue weighted by Gasteiger charge is 2.07. The fourth-order valence-electron chi connectivity index (χ4n) is 0.914. The average Bonchev–Trinajstić information content (AvgIpc) is 2.30. The lowest BCUT2D eigenvalue weighted by Gasteiger charge is -1.92. The highest BCUT2D eigenvalue weighted by Crippen LogP contribution is 2.11. The Balaban J connectivity index is 3.07. The Morgan fingerprint density at radius 1 is 1.73 bits per heavy atom. The van der Waals surface area contributed by atoms with E-state index in [-0.39, 0.29) is 5.69 Å². The molecule has 0 fully saturated rings. The van der Waals surface area contributed by atoms with Gasteiger partial charge in [-0.05, 0) is 6.07 Å². The minimum Gasteiger partial charge on any atom is -0.477 e. The Morgan fingerprint density at radius 2 is 2.36 bits per heavy atom. The summed E-state index contributed by atoms with van der Waals surface area (Å²) in [5.74, 6) is -0.908. The number of anilines is 1. The summed E-state index contributed by atoms with van der Waals surface area (Å²) in [6, 6.07) is 1.59. The summed E-state index contributed by atoms with van der Waals surface area (Å²) < 4.78 is 1.56. The summed E-state index contributed by atoms with van der Waals surface area (Å²) in [7, 11) is 3.45. The van der Waals surface area contributed by atoms with Gasteiger partial charge in [-0.2, -0.15) is 0 Å². The molecule has 0 amide bonds. The lowest BCUT2D eigenvalue weighted by atomic mass is 10.4. The molecule has 60 valence electrons. The maximum atomic E-state index is 10.5. The maximum absolute atomic E-state index is 10.5. The first-order valence-corrected chi connectivity index (χ1v) is 3.22. The Hall–Kier alpha value is -1.45. The van der Waals surface area contributed by atoms with Crippen LogP contribution in [0.3, 0.4) is 0 Å². The maximum Gasteiger partial charge on any atom is 0.352 e. The highest BCUT2D eigenvalue weighted by molar-refractivity contribution is 5.87. The van der Waals surface area contributed by atoms with Gasteiger partial charge in [0.25, 0.3) is 0 Å². The minimum absolute atomic E-state index is 0.286. The van der Waals surface area contributed by atoms with Gasteiger partial charge in [0.2, 0.25) is 0 Å². The van der Waals surface area contributed by atoms with E-state index in [2.05, 4.69) is 5.32 Å². The van der Waals surface area contributed by atoms with Crippen molar-refractivity contribution >= 4 is 11.7 Å². The van der Waals surface area contributed by atoms with Crippen molar-refractivity contribution in [3.05, 3.63) is 18.0 Å². The largest absolute Gasteiger partial charge is 0.477 e. The van der Waals surface area contributed by atoms with Gasteiger partial charge < -0.3 is 15.0 Å². The molecule has 0 aliphatic heterocycles. The molecule has 0 saturated heterocycles. The van der Waals surface area contributed by atoms with Gasteiger partial charge in [0.15, 0.2) is 0 Å². The predicted octanol–water partition coefficient (Wildman–Crippen LogP) is 0.765. The van der Waals surface area contributed by atoms with E-state index in [0.717, 1.165) is 5.69 Å². The second-order valence-corrected chi connectivity index (χ2v) is 2.28. The number of nitrogens with zero attached hydrogens (tertiary/aromatic N) is 1. The molecule has 0 radical (unpaired) electrons. The van der Waals surface area contributed by atoms with Gasteiger partial charge in [0.1, 0.15) is 5.69 Å². The molecule has 2 N–H and O–H groups in total. The van der Waals surface area contributed by atoms with Crippen LogP contribution in [0.2, 0.25) is 0 Å². The summed E-state index contributed by atoms with van der Waals surface area (Å²) in [6.45, 7) is 0. The molecule has 0 bridgehead atoms. The molecule has 1 aromatic rings. The van der Waals surface area contributed by atoms with Crippen molar-refractivity contribution in [1.29, 1.82) is 0 Å². The number of nitrogens with one attached hydrogen (secondary N) is 1. The van der Waals surface area contributed by atoms with Gasteiger partial charge in [-0.15, -0.1) is 0 Å². The second kappa shape index (κ2) is 2.65. The van der Waals surface area contributed by atoms with E-state index in [1.54, 1.807) is 30.9 Å². The van der Waals surface area contributed by atoms with Gasteiger partial charge in [-0.1, -0.05) is 0 Å². The molecule has 0 spiro atoms. The van der Waals surface area contributed by atoms with Gasteiger partial charge >= 0.3 is 5.97 Å². The Morgan fingerprint density at radius 3 is 2.64 bits per heavy atom. The molecule has 4 heteroatoms. The van der Waals surface area contributed by atoms with Gasteiger partial charge in [0, 0.05) is 20.3 Å². The summed E-state index contributed by atoms with van der Waals surface area (Å²) in [4.78, 5) is 10.5. The number of aromatic nitrogens is 1. The summed E-state index contributed by atoms with van der Waals surface area (Å²) in [5, 5.41) is 11.5. The fraction of sp³-hybridized carbons (Fsp3) is 0.286. The first-order chi connectivity index (χ1) is 5.15. The summed E-state index contributed by atoms with van der Waals surface area (Å²) in [6.07, 6.45) is 1.73. The van der Waals surface area contributed by atoms with Crippen LogP contribution in [0.5, 0.6) is 0 Å². The standard InChI is InChI=1S/C7H10N2O2/c1-8-5-3-6(7(10)11)9(2)4-5/h3-4,8H,1-2H3,(H,10,11). The van der Waals surface area contributed by atoms with Crippen LogP contribution in [0.4, 0.5) is 5.69 Å². The molecule has 0 atom stereocenters. The normalized spacial score (nSPS) is 9.64. The fourth-order valence-corrected chi connectivity index (χ4v) is 0.914. The highest BCUT2D eigenvalue weighted by atomic mass is 16.4. The molecule has 0 saturated carbocycles. The smallest absolute Gasteiger partial charge is 0.352 e. The van der Waals surface area contributed by atoms with E-state index in [0.29, 0.717) is 0 Å². The van der Waals surface area contributed by atoms with Crippen LogP contribution in [0, 0.1) is 0 Å². The van der Waals surface area contributed by atoms with E-state index in [1.807, 2.05) is 0 Å². The quantitative estimate of drug-likeness (QED) is 0.661.